The lowest BCUT2D eigenvalue weighted by molar-refractivity contribution is -0.139. The van der Waals surface area contributed by atoms with E-state index in [1.165, 1.54) is 5.56 Å². The molecule has 1 rings (SSSR count). The summed E-state index contributed by atoms with van der Waals surface area (Å²) in [5.41, 5.74) is 1.31. The molecule has 0 aromatic heterocycles. The van der Waals surface area contributed by atoms with Crippen molar-refractivity contribution in [1.29, 1.82) is 0 Å². The van der Waals surface area contributed by atoms with Crippen molar-refractivity contribution in [3.63, 3.8) is 0 Å². The maximum absolute atomic E-state index is 10.9. The highest BCUT2D eigenvalue weighted by Crippen LogP contribution is 2.11. The maximum Gasteiger partial charge on any atom is 0.317 e. The highest BCUT2D eigenvalue weighted by Gasteiger charge is 2.17. The van der Waals surface area contributed by atoms with Crippen LogP contribution in [0.3, 0.4) is 0 Å². The number of carbonyl (C=O) groups is 1. The summed E-state index contributed by atoms with van der Waals surface area (Å²) in [6.45, 7) is 7.34. The van der Waals surface area contributed by atoms with E-state index in [9.17, 15) is 4.79 Å². The number of nitrogens with zero attached hydrogens (tertiary/aromatic N) is 1. The Kier molecular flexibility index (Phi) is 6.57. The van der Waals surface area contributed by atoms with Gasteiger partial charge in [0.25, 0.3) is 0 Å². The first-order valence-corrected chi connectivity index (χ1v) is 6.98. The highest BCUT2D eigenvalue weighted by molar-refractivity contribution is 5.69. The number of aryl methyl sites for hydroxylation is 1. The van der Waals surface area contributed by atoms with Crippen LogP contribution in [0.2, 0.25) is 0 Å². The largest absolute Gasteiger partial charge is 0.480 e. The fraction of sp³-hybridized carbons (Fsp3) is 0.562. The quantitative estimate of drug-likeness (QED) is 0.783. The van der Waals surface area contributed by atoms with Crippen LogP contribution in [0.15, 0.2) is 30.3 Å². The number of hydrogen-bond acceptors (Lipinski definition) is 2. The second-order valence-electron chi connectivity index (χ2n) is 5.59. The van der Waals surface area contributed by atoms with Crippen molar-refractivity contribution in [2.45, 2.75) is 39.7 Å². The van der Waals surface area contributed by atoms with E-state index in [4.69, 9.17) is 5.11 Å². The lowest BCUT2D eigenvalue weighted by Crippen LogP contribution is -2.40. The second kappa shape index (κ2) is 7.95. The fourth-order valence-electron chi connectivity index (χ4n) is 2.25. The number of hydrogen-bond donors (Lipinski definition) is 1. The molecule has 0 radical (unpaired) electrons. The molecule has 0 bridgehead atoms. The van der Waals surface area contributed by atoms with E-state index in [-0.39, 0.29) is 6.54 Å². The number of carboxylic acid groups (broad SMARTS) is 1. The molecule has 0 heterocycles. The molecule has 1 aromatic rings. The number of aliphatic carboxylic acids is 1. The van der Waals surface area contributed by atoms with Gasteiger partial charge in [0.05, 0.1) is 6.54 Å². The van der Waals surface area contributed by atoms with Crippen molar-refractivity contribution in [2.75, 3.05) is 13.1 Å². The molecule has 0 saturated carbocycles. The molecule has 0 spiro atoms. The molecule has 1 aromatic carbocycles. The van der Waals surface area contributed by atoms with E-state index < -0.39 is 5.97 Å². The molecule has 3 nitrogen and oxygen atoms in total. The van der Waals surface area contributed by atoms with Gasteiger partial charge in [0, 0.05) is 12.6 Å². The van der Waals surface area contributed by atoms with Crippen LogP contribution in [-0.2, 0) is 11.2 Å². The van der Waals surface area contributed by atoms with E-state index in [1.54, 1.807) is 0 Å². The van der Waals surface area contributed by atoms with Crippen LogP contribution in [-0.4, -0.2) is 35.1 Å². The lowest BCUT2D eigenvalue weighted by atomic mass is 10.0. The van der Waals surface area contributed by atoms with E-state index in [0.29, 0.717) is 12.0 Å². The smallest absolute Gasteiger partial charge is 0.317 e. The Bertz CT molecular complexity index is 376. The monoisotopic (exact) mass is 263 g/mol. The molecule has 19 heavy (non-hydrogen) atoms. The number of benzene rings is 1. The summed E-state index contributed by atoms with van der Waals surface area (Å²) >= 11 is 0. The van der Waals surface area contributed by atoms with Crippen LogP contribution in [0.4, 0.5) is 0 Å². The van der Waals surface area contributed by atoms with Gasteiger partial charge in [-0.3, -0.25) is 9.69 Å². The molecule has 3 heteroatoms. The van der Waals surface area contributed by atoms with Crippen LogP contribution in [0, 0.1) is 5.92 Å². The van der Waals surface area contributed by atoms with Crippen molar-refractivity contribution < 1.29 is 9.90 Å². The van der Waals surface area contributed by atoms with Crippen LogP contribution in [0.25, 0.3) is 0 Å². The predicted octanol–water partition coefficient (Wildman–Crippen LogP) is 3.05. The molecule has 0 saturated heterocycles. The van der Waals surface area contributed by atoms with Crippen LogP contribution < -0.4 is 0 Å². The van der Waals surface area contributed by atoms with Crippen molar-refractivity contribution in [1.82, 2.24) is 4.90 Å². The Labute approximate surface area is 116 Å². The number of rotatable bonds is 8. The normalized spacial score (nSPS) is 12.9. The molecule has 1 unspecified atom stereocenters. The molecular formula is C16H25NO2. The zero-order valence-corrected chi connectivity index (χ0v) is 12.2. The Morgan fingerprint density at radius 3 is 2.37 bits per heavy atom. The first-order valence-electron chi connectivity index (χ1n) is 6.98. The topological polar surface area (TPSA) is 40.5 Å². The van der Waals surface area contributed by atoms with E-state index >= 15 is 0 Å². The average molecular weight is 263 g/mol. The lowest BCUT2D eigenvalue weighted by Gasteiger charge is -2.29. The predicted molar refractivity (Wildman–Crippen MR) is 78.3 cm³/mol. The van der Waals surface area contributed by atoms with Gasteiger partial charge in [-0.1, -0.05) is 44.2 Å². The summed E-state index contributed by atoms with van der Waals surface area (Å²) in [7, 11) is 0. The maximum atomic E-state index is 10.9. The molecule has 0 aliphatic rings. The summed E-state index contributed by atoms with van der Waals surface area (Å²) in [4.78, 5) is 13.0. The third-order valence-corrected chi connectivity index (χ3v) is 3.25. The third kappa shape index (κ3) is 6.39. The molecule has 1 atom stereocenters. The highest BCUT2D eigenvalue weighted by atomic mass is 16.4. The van der Waals surface area contributed by atoms with Gasteiger partial charge < -0.3 is 5.11 Å². The van der Waals surface area contributed by atoms with Gasteiger partial charge in [0.2, 0.25) is 0 Å². The summed E-state index contributed by atoms with van der Waals surface area (Å²) in [6, 6.07) is 10.6. The van der Waals surface area contributed by atoms with Gasteiger partial charge in [-0.05, 0) is 31.2 Å². The molecule has 0 fully saturated rings. The molecule has 0 amide bonds. The van der Waals surface area contributed by atoms with Crippen molar-refractivity contribution in [2.24, 2.45) is 5.92 Å². The summed E-state index contributed by atoms with van der Waals surface area (Å²) in [5, 5.41) is 8.99. The van der Waals surface area contributed by atoms with Gasteiger partial charge >= 0.3 is 5.97 Å². The van der Waals surface area contributed by atoms with E-state index in [1.807, 2.05) is 18.2 Å². The zero-order valence-electron chi connectivity index (χ0n) is 12.2. The Morgan fingerprint density at radius 2 is 1.84 bits per heavy atom. The fourth-order valence-corrected chi connectivity index (χ4v) is 2.25. The van der Waals surface area contributed by atoms with Crippen LogP contribution in [0.1, 0.15) is 32.8 Å². The summed E-state index contributed by atoms with van der Waals surface area (Å²) < 4.78 is 0. The molecular weight excluding hydrogens is 238 g/mol. The van der Waals surface area contributed by atoms with Crippen molar-refractivity contribution in [3.05, 3.63) is 35.9 Å². The first-order chi connectivity index (χ1) is 8.99. The van der Waals surface area contributed by atoms with E-state index in [0.717, 1.165) is 19.4 Å². The Hall–Kier alpha value is -1.35. The molecule has 0 aliphatic carbocycles. The van der Waals surface area contributed by atoms with E-state index in [2.05, 4.69) is 37.8 Å². The zero-order chi connectivity index (χ0) is 14.3. The molecule has 0 aliphatic heterocycles. The Balaban J connectivity index is 2.51. The third-order valence-electron chi connectivity index (χ3n) is 3.25. The van der Waals surface area contributed by atoms with Crippen LogP contribution in [0.5, 0.6) is 0 Å². The molecule has 106 valence electrons. The minimum absolute atomic E-state index is 0.133. The SMILES string of the molecule is CC(C)CN(CC(=O)O)C(C)CCc1ccccc1. The first kappa shape index (κ1) is 15.7. The van der Waals surface area contributed by atoms with Gasteiger partial charge in [0.1, 0.15) is 0 Å². The van der Waals surface area contributed by atoms with Crippen molar-refractivity contribution >= 4 is 5.97 Å². The average Bonchev–Trinajstić information content (AvgIpc) is 2.35. The number of carboxylic acids is 1. The summed E-state index contributed by atoms with van der Waals surface area (Å²) in [5.74, 6) is -0.259. The van der Waals surface area contributed by atoms with Gasteiger partial charge in [0.15, 0.2) is 0 Å². The molecule has 1 N–H and O–H groups in total. The van der Waals surface area contributed by atoms with Gasteiger partial charge in [-0.15, -0.1) is 0 Å². The standard InChI is InChI=1S/C16H25NO2/c1-13(2)11-17(12-16(18)19)14(3)9-10-15-7-5-4-6-8-15/h4-8,13-14H,9-12H2,1-3H3,(H,18,19). The van der Waals surface area contributed by atoms with Gasteiger partial charge in [-0.2, -0.15) is 0 Å². The van der Waals surface area contributed by atoms with Gasteiger partial charge in [-0.25, -0.2) is 0 Å². The van der Waals surface area contributed by atoms with Crippen molar-refractivity contribution in [3.8, 4) is 0 Å². The minimum atomic E-state index is -0.743. The minimum Gasteiger partial charge on any atom is -0.480 e. The summed E-state index contributed by atoms with van der Waals surface area (Å²) in [6.07, 6.45) is 1.99. The van der Waals surface area contributed by atoms with Crippen LogP contribution >= 0.6 is 0 Å². The second-order valence-corrected chi connectivity index (χ2v) is 5.59. The Morgan fingerprint density at radius 1 is 1.21 bits per heavy atom.